The molecule has 3 N–H and O–H groups in total. The molecule has 0 aliphatic carbocycles. The van der Waals surface area contributed by atoms with Crippen LogP contribution in [0.15, 0.2) is 48.5 Å². The second kappa shape index (κ2) is 9.60. The van der Waals surface area contributed by atoms with Gasteiger partial charge in [0, 0.05) is 44.3 Å². The van der Waals surface area contributed by atoms with E-state index in [0.717, 1.165) is 31.6 Å². The first-order valence-corrected chi connectivity index (χ1v) is 11.9. The van der Waals surface area contributed by atoms with E-state index in [9.17, 15) is 22.8 Å². The minimum Gasteiger partial charge on any atom is -0.336 e. The molecule has 35 heavy (non-hydrogen) atoms. The lowest BCUT2D eigenvalue weighted by molar-refractivity contribution is -0.137. The van der Waals surface area contributed by atoms with E-state index >= 15 is 0 Å². The lowest BCUT2D eigenvalue weighted by Crippen LogP contribution is -2.71. The minimum absolute atomic E-state index is 0.00530. The molecule has 186 valence electrons. The number of alkyl halides is 3. The topological polar surface area (TPSA) is 76.7 Å². The maximum Gasteiger partial charge on any atom is 0.416 e. The minimum atomic E-state index is -4.40. The summed E-state index contributed by atoms with van der Waals surface area (Å²) in [5, 5.41) is 9.92. The summed E-state index contributed by atoms with van der Waals surface area (Å²) in [6.45, 7) is 3.91. The summed E-state index contributed by atoms with van der Waals surface area (Å²) in [7, 11) is 0. The monoisotopic (exact) mass is 487 g/mol. The molecule has 3 fully saturated rings. The maximum atomic E-state index is 13.0. The van der Waals surface area contributed by atoms with Crippen LogP contribution in [-0.2, 0) is 11.0 Å². The molecule has 0 spiro atoms. The second-order valence-electron chi connectivity index (χ2n) is 9.27. The molecule has 0 saturated carbocycles. The van der Waals surface area contributed by atoms with Gasteiger partial charge in [-0.1, -0.05) is 24.3 Å². The molecule has 2 aromatic carbocycles. The summed E-state index contributed by atoms with van der Waals surface area (Å²) < 4.78 is 39.1. The zero-order valence-corrected chi connectivity index (χ0v) is 19.1. The summed E-state index contributed by atoms with van der Waals surface area (Å²) in [4.78, 5) is 29.4. The number of piperazine rings is 1. The van der Waals surface area contributed by atoms with Gasteiger partial charge in [-0.2, -0.15) is 13.2 Å². The third-order valence-corrected chi connectivity index (χ3v) is 7.09. The standard InChI is InChI=1S/C25H28F3N5O2/c26-25(27,28)19-3-1-2-18(14-19)16-4-6-17(7-5-16)23(35)32-10-12-33(13-11-32)24-30-21-15-29-9-8-20(21)22(34)31-24/h1-7,14,20-21,24,29-30H,8-13,15H2,(H,31,34). The summed E-state index contributed by atoms with van der Waals surface area (Å²) >= 11 is 0. The number of benzene rings is 2. The third-order valence-electron chi connectivity index (χ3n) is 7.09. The lowest BCUT2D eigenvalue weighted by atomic mass is 9.90. The van der Waals surface area contributed by atoms with Crippen LogP contribution >= 0.6 is 0 Å². The summed E-state index contributed by atoms with van der Waals surface area (Å²) in [5.41, 5.74) is 0.860. The lowest BCUT2D eigenvalue weighted by Gasteiger charge is -2.46. The Morgan fingerprint density at radius 3 is 2.43 bits per heavy atom. The van der Waals surface area contributed by atoms with Gasteiger partial charge in [0.1, 0.15) is 6.29 Å². The number of amides is 2. The summed E-state index contributed by atoms with van der Waals surface area (Å²) in [5.74, 6) is -0.0358. The summed E-state index contributed by atoms with van der Waals surface area (Å²) in [6.07, 6.45) is -3.82. The molecular formula is C25H28F3N5O2. The molecule has 3 saturated heterocycles. The Labute approximate surface area is 201 Å². The van der Waals surface area contributed by atoms with Crippen LogP contribution in [0.1, 0.15) is 22.3 Å². The van der Waals surface area contributed by atoms with E-state index in [1.165, 1.54) is 6.07 Å². The molecule has 3 unspecified atom stereocenters. The molecular weight excluding hydrogens is 459 g/mol. The van der Waals surface area contributed by atoms with Crippen LogP contribution in [0.4, 0.5) is 13.2 Å². The van der Waals surface area contributed by atoms with Crippen LogP contribution in [0.2, 0.25) is 0 Å². The van der Waals surface area contributed by atoms with Crippen LogP contribution in [0.3, 0.4) is 0 Å². The van der Waals surface area contributed by atoms with Crippen molar-refractivity contribution in [3.05, 3.63) is 59.7 Å². The smallest absolute Gasteiger partial charge is 0.336 e. The van der Waals surface area contributed by atoms with Gasteiger partial charge in [-0.05, 0) is 48.4 Å². The van der Waals surface area contributed by atoms with E-state index in [-0.39, 0.29) is 30.1 Å². The van der Waals surface area contributed by atoms with Crippen molar-refractivity contribution < 1.29 is 22.8 Å². The van der Waals surface area contributed by atoms with Crippen LogP contribution in [-0.4, -0.2) is 73.2 Å². The zero-order chi connectivity index (χ0) is 24.6. The SMILES string of the molecule is O=C1NC(N2CCN(C(=O)c3ccc(-c4cccc(C(F)(F)F)c4)cc3)CC2)NC2CNCCC12. The number of hydrogen-bond donors (Lipinski definition) is 3. The largest absolute Gasteiger partial charge is 0.416 e. The average molecular weight is 488 g/mol. The van der Waals surface area contributed by atoms with Crippen molar-refractivity contribution in [1.82, 2.24) is 25.8 Å². The molecule has 7 nitrogen and oxygen atoms in total. The Morgan fingerprint density at radius 1 is 0.971 bits per heavy atom. The molecule has 3 atom stereocenters. The normalized spacial score (nSPS) is 25.6. The molecule has 5 rings (SSSR count). The molecule has 10 heteroatoms. The molecule has 3 heterocycles. The Bertz CT molecular complexity index is 1080. The first-order valence-electron chi connectivity index (χ1n) is 11.9. The fraction of sp³-hybridized carbons (Fsp3) is 0.440. The van der Waals surface area contributed by atoms with E-state index in [0.29, 0.717) is 42.9 Å². The molecule has 2 amide bonds. The average Bonchev–Trinajstić information content (AvgIpc) is 2.88. The van der Waals surface area contributed by atoms with Gasteiger partial charge in [0.05, 0.1) is 11.5 Å². The van der Waals surface area contributed by atoms with Crippen molar-refractivity contribution in [2.45, 2.75) is 24.9 Å². The van der Waals surface area contributed by atoms with E-state index in [1.54, 1.807) is 35.2 Å². The Balaban J connectivity index is 1.19. The van der Waals surface area contributed by atoms with Crippen LogP contribution in [0.25, 0.3) is 11.1 Å². The van der Waals surface area contributed by atoms with Crippen molar-refractivity contribution in [1.29, 1.82) is 0 Å². The molecule has 0 bridgehead atoms. The Morgan fingerprint density at radius 2 is 1.71 bits per heavy atom. The highest BCUT2D eigenvalue weighted by atomic mass is 19.4. The maximum absolute atomic E-state index is 13.0. The van der Waals surface area contributed by atoms with E-state index in [4.69, 9.17) is 0 Å². The predicted molar refractivity (Wildman–Crippen MR) is 124 cm³/mol. The number of carbonyl (C=O) groups is 2. The van der Waals surface area contributed by atoms with Crippen LogP contribution < -0.4 is 16.0 Å². The third kappa shape index (κ3) is 5.05. The Hall–Kier alpha value is -2.95. The number of halogens is 3. The van der Waals surface area contributed by atoms with Gasteiger partial charge in [-0.3, -0.25) is 19.8 Å². The predicted octanol–water partition coefficient (Wildman–Crippen LogP) is 2.11. The van der Waals surface area contributed by atoms with Gasteiger partial charge in [-0.25, -0.2) is 0 Å². The number of carbonyl (C=O) groups excluding carboxylic acids is 2. The van der Waals surface area contributed by atoms with Crippen molar-refractivity contribution in [2.75, 3.05) is 39.3 Å². The van der Waals surface area contributed by atoms with Crippen molar-refractivity contribution in [3.63, 3.8) is 0 Å². The number of hydrogen-bond acceptors (Lipinski definition) is 5. The van der Waals surface area contributed by atoms with Crippen molar-refractivity contribution in [3.8, 4) is 11.1 Å². The number of fused-ring (bicyclic) bond motifs is 1. The molecule has 3 aliphatic heterocycles. The first-order chi connectivity index (χ1) is 16.8. The Kier molecular flexibility index (Phi) is 6.52. The number of piperidine rings is 1. The fourth-order valence-corrected chi connectivity index (χ4v) is 5.08. The van der Waals surface area contributed by atoms with Gasteiger partial charge < -0.3 is 15.5 Å². The zero-order valence-electron chi connectivity index (χ0n) is 19.1. The van der Waals surface area contributed by atoms with Crippen LogP contribution in [0, 0.1) is 5.92 Å². The van der Waals surface area contributed by atoms with Crippen LogP contribution in [0.5, 0.6) is 0 Å². The highest BCUT2D eigenvalue weighted by Gasteiger charge is 2.40. The molecule has 0 radical (unpaired) electrons. The highest BCUT2D eigenvalue weighted by Crippen LogP contribution is 2.32. The summed E-state index contributed by atoms with van der Waals surface area (Å²) in [6, 6.07) is 11.9. The molecule has 2 aromatic rings. The first kappa shape index (κ1) is 23.8. The van der Waals surface area contributed by atoms with Gasteiger partial charge >= 0.3 is 6.18 Å². The second-order valence-corrected chi connectivity index (χ2v) is 9.27. The van der Waals surface area contributed by atoms with Gasteiger partial charge in [0.25, 0.3) is 5.91 Å². The van der Waals surface area contributed by atoms with Crippen molar-refractivity contribution in [2.24, 2.45) is 5.92 Å². The van der Waals surface area contributed by atoms with Crippen molar-refractivity contribution >= 4 is 11.8 Å². The number of rotatable bonds is 3. The highest BCUT2D eigenvalue weighted by molar-refractivity contribution is 5.94. The van der Waals surface area contributed by atoms with Gasteiger partial charge in [-0.15, -0.1) is 0 Å². The van der Waals surface area contributed by atoms with Gasteiger partial charge in [0.2, 0.25) is 5.91 Å². The fourth-order valence-electron chi connectivity index (χ4n) is 5.08. The van der Waals surface area contributed by atoms with E-state index < -0.39 is 11.7 Å². The quantitative estimate of drug-likeness (QED) is 0.619. The van der Waals surface area contributed by atoms with E-state index in [2.05, 4.69) is 20.9 Å². The molecule has 0 aromatic heterocycles. The number of nitrogens with zero attached hydrogens (tertiary/aromatic N) is 2. The van der Waals surface area contributed by atoms with E-state index in [1.807, 2.05) is 0 Å². The van der Waals surface area contributed by atoms with Gasteiger partial charge in [0.15, 0.2) is 0 Å². The number of nitrogens with one attached hydrogen (secondary N) is 3. The molecule has 3 aliphatic rings.